The van der Waals surface area contributed by atoms with E-state index in [1.807, 2.05) is 42.5 Å². The SMILES string of the molecule is Clc1cccc(-c2noc(NCCNc3nnnn3-c3ccccc3)n2)c1. The van der Waals surface area contributed by atoms with Crippen molar-refractivity contribution < 1.29 is 4.52 Å². The fraction of sp³-hybridized carbons (Fsp3) is 0.118. The molecule has 0 atom stereocenters. The van der Waals surface area contributed by atoms with Gasteiger partial charge in [-0.2, -0.15) is 9.67 Å². The topological polar surface area (TPSA) is 107 Å². The first-order valence-corrected chi connectivity index (χ1v) is 8.58. The lowest BCUT2D eigenvalue weighted by Gasteiger charge is -2.06. The number of nitrogens with zero attached hydrogens (tertiary/aromatic N) is 6. The number of halogens is 1. The highest BCUT2D eigenvalue weighted by Crippen LogP contribution is 2.21. The Kier molecular flexibility index (Phi) is 4.93. The van der Waals surface area contributed by atoms with Crippen molar-refractivity contribution in [3.05, 3.63) is 59.6 Å². The second-order valence-corrected chi connectivity index (χ2v) is 5.97. The van der Waals surface area contributed by atoms with Crippen LogP contribution >= 0.6 is 11.6 Å². The lowest BCUT2D eigenvalue weighted by Crippen LogP contribution is -2.16. The summed E-state index contributed by atoms with van der Waals surface area (Å²) in [5.41, 5.74) is 1.67. The minimum absolute atomic E-state index is 0.328. The predicted molar refractivity (Wildman–Crippen MR) is 101 cm³/mol. The van der Waals surface area contributed by atoms with Crippen molar-refractivity contribution in [2.75, 3.05) is 23.7 Å². The molecule has 0 aliphatic carbocycles. The minimum atomic E-state index is 0.328. The van der Waals surface area contributed by atoms with Crippen LogP contribution < -0.4 is 10.6 Å². The molecular weight excluding hydrogens is 368 g/mol. The average molecular weight is 383 g/mol. The number of hydrogen-bond donors (Lipinski definition) is 2. The lowest BCUT2D eigenvalue weighted by molar-refractivity contribution is 0.432. The van der Waals surface area contributed by atoms with Gasteiger partial charge >= 0.3 is 6.01 Å². The zero-order valence-corrected chi connectivity index (χ0v) is 14.8. The van der Waals surface area contributed by atoms with Gasteiger partial charge in [0.2, 0.25) is 11.8 Å². The molecule has 0 bridgehead atoms. The van der Waals surface area contributed by atoms with E-state index in [1.165, 1.54) is 0 Å². The van der Waals surface area contributed by atoms with Crippen molar-refractivity contribution in [3.8, 4) is 17.1 Å². The van der Waals surface area contributed by atoms with E-state index in [0.29, 0.717) is 35.9 Å². The largest absolute Gasteiger partial charge is 0.351 e. The Balaban J connectivity index is 1.32. The van der Waals surface area contributed by atoms with Gasteiger partial charge in [-0.15, -0.1) is 0 Å². The number of rotatable bonds is 7. The van der Waals surface area contributed by atoms with Crippen LogP contribution in [0.4, 0.5) is 12.0 Å². The molecule has 4 rings (SSSR count). The van der Waals surface area contributed by atoms with Gasteiger partial charge in [0.25, 0.3) is 0 Å². The second kappa shape index (κ2) is 7.83. The van der Waals surface area contributed by atoms with Crippen LogP contribution in [0.5, 0.6) is 0 Å². The van der Waals surface area contributed by atoms with Gasteiger partial charge in [0.05, 0.1) is 5.69 Å². The average Bonchev–Trinajstić information content (AvgIpc) is 3.36. The second-order valence-electron chi connectivity index (χ2n) is 5.54. The number of nitrogens with one attached hydrogen (secondary N) is 2. The highest BCUT2D eigenvalue weighted by atomic mass is 35.5. The third-order valence-corrected chi connectivity index (χ3v) is 3.90. The summed E-state index contributed by atoms with van der Waals surface area (Å²) in [7, 11) is 0. The molecular formula is C17H15ClN8O. The maximum Gasteiger partial charge on any atom is 0.321 e. The summed E-state index contributed by atoms with van der Waals surface area (Å²) >= 11 is 5.98. The van der Waals surface area contributed by atoms with E-state index < -0.39 is 0 Å². The van der Waals surface area contributed by atoms with E-state index in [2.05, 4.69) is 36.3 Å². The first-order chi connectivity index (χ1) is 13.3. The molecule has 0 unspecified atom stereocenters. The van der Waals surface area contributed by atoms with Gasteiger partial charge < -0.3 is 15.2 Å². The van der Waals surface area contributed by atoms with Gasteiger partial charge in [-0.05, 0) is 34.7 Å². The number of anilines is 2. The van der Waals surface area contributed by atoms with Gasteiger partial charge in [0.1, 0.15) is 0 Å². The van der Waals surface area contributed by atoms with Crippen molar-refractivity contribution in [3.63, 3.8) is 0 Å². The van der Waals surface area contributed by atoms with Crippen LogP contribution in [0.2, 0.25) is 5.02 Å². The molecule has 4 aromatic rings. The Morgan fingerprint density at radius 2 is 1.85 bits per heavy atom. The highest BCUT2D eigenvalue weighted by molar-refractivity contribution is 6.30. The van der Waals surface area contributed by atoms with Crippen LogP contribution in [0, 0.1) is 0 Å². The van der Waals surface area contributed by atoms with Gasteiger partial charge in [-0.3, -0.25) is 0 Å². The maximum absolute atomic E-state index is 5.98. The molecule has 0 amide bonds. The molecule has 0 saturated heterocycles. The highest BCUT2D eigenvalue weighted by Gasteiger charge is 2.09. The Morgan fingerprint density at radius 3 is 2.70 bits per heavy atom. The normalized spacial score (nSPS) is 10.7. The molecule has 9 nitrogen and oxygen atoms in total. The summed E-state index contributed by atoms with van der Waals surface area (Å²) in [6.45, 7) is 1.10. The summed E-state index contributed by atoms with van der Waals surface area (Å²) in [4.78, 5) is 4.30. The van der Waals surface area contributed by atoms with E-state index >= 15 is 0 Å². The molecule has 2 aromatic carbocycles. The lowest BCUT2D eigenvalue weighted by atomic mass is 10.2. The third kappa shape index (κ3) is 4.04. The van der Waals surface area contributed by atoms with Crippen LogP contribution in [-0.4, -0.2) is 43.4 Å². The Bertz CT molecular complexity index is 1020. The van der Waals surface area contributed by atoms with Gasteiger partial charge in [0, 0.05) is 23.7 Å². The zero-order chi connectivity index (χ0) is 18.5. The molecule has 2 N–H and O–H groups in total. The van der Waals surface area contributed by atoms with Crippen molar-refractivity contribution in [2.24, 2.45) is 0 Å². The van der Waals surface area contributed by atoms with E-state index in [1.54, 1.807) is 16.8 Å². The summed E-state index contributed by atoms with van der Waals surface area (Å²) in [5.74, 6) is 1.02. The number of aromatic nitrogens is 6. The Morgan fingerprint density at radius 1 is 1.00 bits per heavy atom. The fourth-order valence-corrected chi connectivity index (χ4v) is 2.61. The molecule has 0 aliphatic heterocycles. The van der Waals surface area contributed by atoms with E-state index in [-0.39, 0.29) is 0 Å². The zero-order valence-electron chi connectivity index (χ0n) is 14.1. The quantitative estimate of drug-likeness (QED) is 0.470. The maximum atomic E-state index is 5.98. The van der Waals surface area contributed by atoms with Crippen LogP contribution in [-0.2, 0) is 0 Å². The Hall–Kier alpha value is -3.46. The molecule has 0 radical (unpaired) electrons. The van der Waals surface area contributed by atoms with Gasteiger partial charge in [-0.25, -0.2) is 0 Å². The van der Waals surface area contributed by atoms with Crippen LogP contribution in [0.1, 0.15) is 0 Å². The van der Waals surface area contributed by atoms with Crippen molar-refractivity contribution >= 4 is 23.6 Å². The van der Waals surface area contributed by atoms with Gasteiger partial charge in [0.15, 0.2) is 0 Å². The molecule has 0 spiro atoms. The van der Waals surface area contributed by atoms with Gasteiger partial charge in [-0.1, -0.05) is 52.2 Å². The number of hydrogen-bond acceptors (Lipinski definition) is 8. The molecule has 0 aliphatic rings. The Labute approximate surface area is 159 Å². The third-order valence-electron chi connectivity index (χ3n) is 3.66. The van der Waals surface area contributed by atoms with E-state index in [4.69, 9.17) is 16.1 Å². The summed E-state index contributed by atoms with van der Waals surface area (Å²) in [6, 6.07) is 17.2. The molecule has 2 aromatic heterocycles. The number of benzene rings is 2. The molecule has 0 fully saturated rings. The minimum Gasteiger partial charge on any atom is -0.351 e. The summed E-state index contributed by atoms with van der Waals surface area (Å²) in [5, 5.41) is 22.5. The van der Waals surface area contributed by atoms with Crippen LogP contribution in [0.25, 0.3) is 17.1 Å². The predicted octanol–water partition coefficient (Wildman–Crippen LogP) is 2.89. The standard InChI is InChI=1S/C17H15ClN8O/c18-13-6-4-5-12(11-13)15-21-17(27-23-15)20-10-9-19-16-22-24-25-26(16)14-7-2-1-3-8-14/h1-8,11H,9-10H2,(H,19,22,25)(H,20,21,23). The number of para-hydroxylation sites is 1. The molecule has 27 heavy (non-hydrogen) atoms. The van der Waals surface area contributed by atoms with Crippen molar-refractivity contribution in [1.82, 2.24) is 30.3 Å². The molecule has 10 heteroatoms. The monoisotopic (exact) mass is 382 g/mol. The fourth-order valence-electron chi connectivity index (χ4n) is 2.42. The smallest absolute Gasteiger partial charge is 0.321 e. The van der Waals surface area contributed by atoms with Crippen molar-refractivity contribution in [2.45, 2.75) is 0 Å². The van der Waals surface area contributed by atoms with Crippen LogP contribution in [0.15, 0.2) is 59.1 Å². The summed E-state index contributed by atoms with van der Waals surface area (Å²) in [6.07, 6.45) is 0. The summed E-state index contributed by atoms with van der Waals surface area (Å²) < 4.78 is 6.83. The van der Waals surface area contributed by atoms with Crippen LogP contribution in [0.3, 0.4) is 0 Å². The van der Waals surface area contributed by atoms with E-state index in [0.717, 1.165) is 11.3 Å². The molecule has 2 heterocycles. The first-order valence-electron chi connectivity index (χ1n) is 8.21. The molecule has 136 valence electrons. The first kappa shape index (κ1) is 17.0. The number of tetrazole rings is 1. The van der Waals surface area contributed by atoms with Crippen molar-refractivity contribution in [1.29, 1.82) is 0 Å². The molecule has 0 saturated carbocycles. The van der Waals surface area contributed by atoms with E-state index in [9.17, 15) is 0 Å².